The Kier molecular flexibility index (Phi) is 7.93. The van der Waals surface area contributed by atoms with Crippen molar-refractivity contribution in [3.8, 4) is 5.75 Å². The normalized spacial score (nSPS) is 20.1. The number of carbonyl (C=O) groups is 3. The SMILES string of the molecule is NC(C(=O)NC1C(=O)N2C(C(=O)O)=C(CSc3nnnn3CCS(N)(=O)=O)CS[C@H]12)c1ccc(O)c(F)c1. The maximum absolute atomic E-state index is 13.6. The summed E-state index contributed by atoms with van der Waals surface area (Å²) in [6.45, 7) is -0.0965. The van der Waals surface area contributed by atoms with Crippen LogP contribution in [0.15, 0.2) is 34.6 Å². The molecule has 2 aliphatic rings. The molecule has 3 heterocycles. The number of rotatable bonds is 10. The average Bonchev–Trinajstić information content (AvgIpc) is 3.32. The minimum Gasteiger partial charge on any atom is -0.505 e. The number of β-lactam (4-membered cyclic amide) rings is 1. The van der Waals surface area contributed by atoms with Gasteiger partial charge in [-0.1, -0.05) is 17.8 Å². The lowest BCUT2D eigenvalue weighted by atomic mass is 10.0. The van der Waals surface area contributed by atoms with Crippen LogP contribution in [0.5, 0.6) is 5.75 Å². The highest BCUT2D eigenvalue weighted by molar-refractivity contribution is 8.01. The summed E-state index contributed by atoms with van der Waals surface area (Å²) in [5, 5.41) is 37.2. The Morgan fingerprint density at radius 3 is 2.76 bits per heavy atom. The topological polar surface area (TPSA) is 237 Å². The Hall–Kier alpha value is -3.26. The Labute approximate surface area is 222 Å². The lowest BCUT2D eigenvalue weighted by Crippen LogP contribution is -2.71. The molecule has 1 aromatic heterocycles. The van der Waals surface area contributed by atoms with Gasteiger partial charge < -0.3 is 21.3 Å². The Morgan fingerprint density at radius 1 is 1.37 bits per heavy atom. The molecule has 19 heteroatoms. The first-order valence-corrected chi connectivity index (χ1v) is 14.5. The zero-order valence-corrected chi connectivity index (χ0v) is 21.7. The second kappa shape index (κ2) is 10.8. The number of carbonyl (C=O) groups excluding carboxylic acids is 2. The number of nitrogens with zero attached hydrogens (tertiary/aromatic N) is 5. The van der Waals surface area contributed by atoms with E-state index in [0.717, 1.165) is 28.8 Å². The molecule has 2 aliphatic heterocycles. The quantitative estimate of drug-likeness (QED) is 0.154. The monoisotopic (exact) mass is 588 g/mol. The zero-order valence-electron chi connectivity index (χ0n) is 19.2. The van der Waals surface area contributed by atoms with E-state index in [1.54, 1.807) is 0 Å². The molecule has 1 saturated heterocycles. The van der Waals surface area contributed by atoms with Gasteiger partial charge in [0.05, 0.1) is 12.3 Å². The van der Waals surface area contributed by atoms with Crippen LogP contribution in [-0.2, 0) is 31.0 Å². The number of aromatic nitrogens is 4. The molecule has 0 bridgehead atoms. The van der Waals surface area contributed by atoms with Crippen molar-refractivity contribution in [3.05, 3.63) is 40.8 Å². The first-order chi connectivity index (χ1) is 17.9. The first kappa shape index (κ1) is 27.8. The first-order valence-electron chi connectivity index (χ1n) is 10.7. The Bertz CT molecular complexity index is 1430. The number of amides is 2. The molecule has 0 saturated carbocycles. The number of hydrogen-bond donors (Lipinski definition) is 5. The van der Waals surface area contributed by atoms with Gasteiger partial charge in [0.1, 0.15) is 23.2 Å². The van der Waals surface area contributed by atoms with Crippen LogP contribution in [0.1, 0.15) is 11.6 Å². The highest BCUT2D eigenvalue weighted by Crippen LogP contribution is 2.41. The van der Waals surface area contributed by atoms with Gasteiger partial charge in [-0.15, -0.1) is 16.9 Å². The standard InChI is InChI=1S/C19H21FN8O7S3/c20-10-5-8(1-2-11(10)29)12(21)15(30)23-13-16(31)28-14(18(32)33)9(6-36-17(13)28)7-37-19-24-25-26-27(19)3-4-38(22,34)35/h1-2,5,12-13,17,29H,3-4,6-7,21H2,(H,23,30)(H,32,33)(H2,22,34,35)/t12?,13?,17-/m1/s1. The predicted octanol–water partition coefficient (Wildman–Crippen LogP) is -1.66. The molecule has 0 spiro atoms. The number of phenols is 1. The van der Waals surface area contributed by atoms with E-state index < -0.39 is 62.6 Å². The lowest BCUT2D eigenvalue weighted by Gasteiger charge is -2.49. The minimum absolute atomic E-state index is 0.0783. The fraction of sp³-hybridized carbons (Fsp3) is 0.368. The van der Waals surface area contributed by atoms with Crippen molar-refractivity contribution in [2.45, 2.75) is 29.2 Å². The van der Waals surface area contributed by atoms with E-state index in [4.69, 9.17) is 10.9 Å². The van der Waals surface area contributed by atoms with Crippen LogP contribution in [-0.4, -0.2) is 90.2 Å². The molecule has 1 aromatic carbocycles. The number of nitrogens with two attached hydrogens (primary N) is 2. The number of tetrazole rings is 1. The van der Waals surface area contributed by atoms with E-state index in [-0.39, 0.29) is 34.5 Å². The maximum atomic E-state index is 13.6. The Balaban J connectivity index is 1.43. The number of primary sulfonamides is 1. The molecular weight excluding hydrogens is 567 g/mol. The van der Waals surface area contributed by atoms with Crippen LogP contribution < -0.4 is 16.2 Å². The molecule has 7 N–H and O–H groups in total. The summed E-state index contributed by atoms with van der Waals surface area (Å²) in [5.74, 6) is -4.42. The van der Waals surface area contributed by atoms with Crippen molar-refractivity contribution >= 4 is 51.3 Å². The number of carboxylic acids is 1. The van der Waals surface area contributed by atoms with Crippen LogP contribution >= 0.6 is 23.5 Å². The predicted molar refractivity (Wildman–Crippen MR) is 131 cm³/mol. The fourth-order valence-corrected chi connectivity index (χ4v) is 6.53. The van der Waals surface area contributed by atoms with Gasteiger partial charge in [-0.05, 0) is 33.7 Å². The highest BCUT2D eigenvalue weighted by atomic mass is 32.2. The van der Waals surface area contributed by atoms with Crippen molar-refractivity contribution in [1.29, 1.82) is 0 Å². The third-order valence-corrected chi connectivity index (χ3v) is 8.76. The molecule has 38 heavy (non-hydrogen) atoms. The van der Waals surface area contributed by atoms with Crippen LogP contribution in [0.2, 0.25) is 0 Å². The maximum Gasteiger partial charge on any atom is 0.352 e. The van der Waals surface area contributed by atoms with Gasteiger partial charge in [0, 0.05) is 11.5 Å². The second-order valence-electron chi connectivity index (χ2n) is 8.18. The van der Waals surface area contributed by atoms with Gasteiger partial charge >= 0.3 is 5.97 Å². The van der Waals surface area contributed by atoms with Crippen LogP contribution in [0.3, 0.4) is 0 Å². The molecule has 15 nitrogen and oxygen atoms in total. The van der Waals surface area contributed by atoms with E-state index in [0.29, 0.717) is 5.57 Å². The molecule has 1 fully saturated rings. The molecule has 0 aliphatic carbocycles. The molecular formula is C19H21FN8O7S3. The van der Waals surface area contributed by atoms with Gasteiger partial charge in [0.15, 0.2) is 11.6 Å². The summed E-state index contributed by atoms with van der Waals surface area (Å²) in [4.78, 5) is 38.6. The summed E-state index contributed by atoms with van der Waals surface area (Å²) in [7, 11) is -3.75. The average molecular weight is 589 g/mol. The van der Waals surface area contributed by atoms with Crippen molar-refractivity contribution in [3.63, 3.8) is 0 Å². The number of thioether (sulfide) groups is 2. The fourth-order valence-electron chi connectivity index (χ4n) is 3.71. The largest absolute Gasteiger partial charge is 0.505 e. The number of aromatic hydroxyl groups is 1. The van der Waals surface area contributed by atoms with Gasteiger partial charge in [-0.25, -0.2) is 27.4 Å². The molecule has 2 amide bonds. The third-order valence-electron chi connectivity index (χ3n) is 5.62. The number of sulfonamides is 1. The molecule has 2 unspecified atom stereocenters. The number of hydrogen-bond acceptors (Lipinski definition) is 12. The Morgan fingerprint density at radius 2 is 2.11 bits per heavy atom. The third kappa shape index (κ3) is 5.75. The van der Waals surface area contributed by atoms with E-state index in [2.05, 4.69) is 20.8 Å². The van der Waals surface area contributed by atoms with Gasteiger partial charge in [0.25, 0.3) is 5.91 Å². The number of halogens is 1. The number of aryl methyl sites for hydroxylation is 1. The number of benzene rings is 1. The lowest BCUT2D eigenvalue weighted by molar-refractivity contribution is -0.150. The molecule has 2 aromatic rings. The van der Waals surface area contributed by atoms with E-state index in [1.807, 2.05) is 0 Å². The van der Waals surface area contributed by atoms with Crippen molar-refractivity contribution in [2.24, 2.45) is 10.9 Å². The molecule has 4 rings (SSSR count). The summed E-state index contributed by atoms with van der Waals surface area (Å²) in [6.07, 6.45) is 0. The molecule has 204 valence electrons. The number of nitrogens with one attached hydrogen (secondary N) is 1. The van der Waals surface area contributed by atoms with E-state index in [9.17, 15) is 37.4 Å². The number of fused-ring (bicyclic) bond motifs is 1. The number of aliphatic carboxylic acids is 1. The smallest absolute Gasteiger partial charge is 0.352 e. The molecule has 3 atom stereocenters. The molecule has 0 radical (unpaired) electrons. The van der Waals surface area contributed by atoms with Gasteiger partial charge in [-0.3, -0.25) is 14.5 Å². The van der Waals surface area contributed by atoms with E-state index >= 15 is 0 Å². The van der Waals surface area contributed by atoms with Gasteiger partial charge in [-0.2, -0.15) is 0 Å². The van der Waals surface area contributed by atoms with Gasteiger partial charge in [0.2, 0.25) is 21.1 Å². The number of phenolic OH excluding ortho intramolecular Hbond substituents is 1. The van der Waals surface area contributed by atoms with Crippen LogP contribution in [0.4, 0.5) is 4.39 Å². The van der Waals surface area contributed by atoms with Crippen LogP contribution in [0, 0.1) is 5.82 Å². The highest BCUT2D eigenvalue weighted by Gasteiger charge is 2.54. The van der Waals surface area contributed by atoms with Crippen LogP contribution in [0.25, 0.3) is 0 Å². The summed E-state index contributed by atoms with van der Waals surface area (Å²) >= 11 is 2.29. The summed E-state index contributed by atoms with van der Waals surface area (Å²) in [6, 6.07) is 0.849. The second-order valence-corrected chi connectivity index (χ2v) is 12.0. The zero-order chi connectivity index (χ0) is 27.8. The summed E-state index contributed by atoms with van der Waals surface area (Å²) < 4.78 is 37.3. The summed E-state index contributed by atoms with van der Waals surface area (Å²) in [5.41, 5.74) is 6.13. The van der Waals surface area contributed by atoms with E-state index in [1.165, 1.54) is 22.5 Å². The van der Waals surface area contributed by atoms with Crippen molar-refractivity contribution in [1.82, 2.24) is 30.4 Å². The number of carboxylic acid groups (broad SMARTS) is 1. The van der Waals surface area contributed by atoms with Crippen molar-refractivity contribution < 1.29 is 37.4 Å². The van der Waals surface area contributed by atoms with Crippen molar-refractivity contribution in [2.75, 3.05) is 17.3 Å². The minimum atomic E-state index is -3.75.